The van der Waals surface area contributed by atoms with Gasteiger partial charge >= 0.3 is 0 Å². The van der Waals surface area contributed by atoms with Gasteiger partial charge in [-0.25, -0.2) is 0 Å². The molecule has 0 fully saturated rings. The summed E-state index contributed by atoms with van der Waals surface area (Å²) in [6.45, 7) is 0.606. The normalized spacial score (nSPS) is 12.1. The van der Waals surface area contributed by atoms with Crippen molar-refractivity contribution in [1.29, 1.82) is 0 Å². The quantitative estimate of drug-likeness (QED) is 0.578. The minimum atomic E-state index is -0.671. The highest BCUT2D eigenvalue weighted by Crippen LogP contribution is 2.29. The molecule has 98 valence electrons. The number of nitrogens with two attached hydrogens (primary N) is 1. The molecule has 0 heterocycles. The summed E-state index contributed by atoms with van der Waals surface area (Å²) in [6.07, 6.45) is 0.509. The van der Waals surface area contributed by atoms with E-state index in [1.165, 1.54) is 12.1 Å². The number of rotatable bonds is 6. The zero-order chi connectivity index (χ0) is 13.7. The summed E-state index contributed by atoms with van der Waals surface area (Å²) < 4.78 is 0. The van der Waals surface area contributed by atoms with Gasteiger partial charge in [0.25, 0.3) is 11.4 Å². The number of non-ortho nitro benzene ring substituents is 1. The number of hydrogen-bond acceptors (Lipinski definition) is 6. The first-order chi connectivity index (χ1) is 8.47. The van der Waals surface area contributed by atoms with Crippen molar-refractivity contribution in [3.8, 4) is 0 Å². The van der Waals surface area contributed by atoms with Crippen molar-refractivity contribution in [2.75, 3.05) is 13.6 Å². The van der Waals surface area contributed by atoms with E-state index in [2.05, 4.69) is 5.32 Å². The van der Waals surface area contributed by atoms with E-state index in [0.717, 1.165) is 6.07 Å². The van der Waals surface area contributed by atoms with Crippen LogP contribution in [-0.2, 0) is 0 Å². The third-order valence-electron chi connectivity index (χ3n) is 2.53. The molecule has 1 unspecified atom stereocenters. The lowest BCUT2D eigenvalue weighted by Gasteiger charge is -2.11. The molecule has 8 nitrogen and oxygen atoms in total. The molecule has 1 rings (SSSR count). The Morgan fingerprint density at radius 2 is 2.00 bits per heavy atom. The fourth-order valence-electron chi connectivity index (χ4n) is 1.57. The topological polar surface area (TPSA) is 124 Å². The van der Waals surface area contributed by atoms with Crippen LogP contribution in [0.4, 0.5) is 11.4 Å². The minimum Gasteiger partial charge on any atom is -0.324 e. The molecule has 0 spiro atoms. The van der Waals surface area contributed by atoms with Gasteiger partial charge in [-0.1, -0.05) is 0 Å². The Morgan fingerprint density at radius 3 is 2.50 bits per heavy atom. The van der Waals surface area contributed by atoms with Gasteiger partial charge in [-0.15, -0.1) is 0 Å². The van der Waals surface area contributed by atoms with Gasteiger partial charge in [-0.3, -0.25) is 20.2 Å². The molecule has 0 amide bonds. The number of benzene rings is 1. The maximum absolute atomic E-state index is 10.9. The van der Waals surface area contributed by atoms with E-state index >= 15 is 0 Å². The predicted octanol–water partition coefficient (Wildman–Crippen LogP) is 1.11. The van der Waals surface area contributed by atoms with Crippen LogP contribution < -0.4 is 11.1 Å². The van der Waals surface area contributed by atoms with Gasteiger partial charge in [-0.2, -0.15) is 0 Å². The summed E-state index contributed by atoms with van der Waals surface area (Å²) in [5, 5.41) is 24.3. The van der Waals surface area contributed by atoms with Crippen LogP contribution in [-0.4, -0.2) is 23.4 Å². The van der Waals surface area contributed by atoms with E-state index in [-0.39, 0.29) is 11.4 Å². The zero-order valence-corrected chi connectivity index (χ0v) is 9.83. The lowest BCUT2D eigenvalue weighted by atomic mass is 10.0. The fourth-order valence-corrected chi connectivity index (χ4v) is 1.57. The van der Waals surface area contributed by atoms with Gasteiger partial charge in [0, 0.05) is 17.7 Å². The smallest absolute Gasteiger partial charge is 0.281 e. The molecule has 0 bridgehead atoms. The molecule has 0 radical (unpaired) electrons. The third-order valence-corrected chi connectivity index (χ3v) is 2.53. The number of hydrogen-bond donors (Lipinski definition) is 2. The van der Waals surface area contributed by atoms with Crippen molar-refractivity contribution in [3.05, 3.63) is 44.0 Å². The van der Waals surface area contributed by atoms with Crippen LogP contribution in [0.25, 0.3) is 0 Å². The molecule has 0 aliphatic rings. The zero-order valence-electron chi connectivity index (χ0n) is 9.83. The Hall–Kier alpha value is -2.06. The van der Waals surface area contributed by atoms with Crippen LogP contribution in [0.1, 0.15) is 18.0 Å². The third kappa shape index (κ3) is 3.22. The molecule has 1 aromatic carbocycles. The first-order valence-corrected chi connectivity index (χ1v) is 5.30. The van der Waals surface area contributed by atoms with E-state index in [9.17, 15) is 20.2 Å². The average Bonchev–Trinajstić information content (AvgIpc) is 2.34. The summed E-state index contributed by atoms with van der Waals surface area (Å²) >= 11 is 0. The predicted molar refractivity (Wildman–Crippen MR) is 65.2 cm³/mol. The fraction of sp³-hybridized carbons (Fsp3) is 0.400. The van der Waals surface area contributed by atoms with Crippen molar-refractivity contribution >= 4 is 11.4 Å². The van der Waals surface area contributed by atoms with Gasteiger partial charge in [-0.05, 0) is 26.1 Å². The van der Waals surface area contributed by atoms with Crippen molar-refractivity contribution in [1.82, 2.24) is 5.32 Å². The lowest BCUT2D eigenvalue weighted by molar-refractivity contribution is -0.394. The van der Waals surface area contributed by atoms with Gasteiger partial charge < -0.3 is 11.1 Å². The second-order valence-electron chi connectivity index (χ2n) is 3.76. The molecule has 1 atom stereocenters. The first kappa shape index (κ1) is 14.0. The summed E-state index contributed by atoms with van der Waals surface area (Å²) in [7, 11) is 1.75. The second kappa shape index (κ2) is 6.03. The molecule has 0 aromatic heterocycles. The number of nitro benzene ring substituents is 2. The Bertz CT molecular complexity index is 463. The Labute approximate surface area is 103 Å². The van der Waals surface area contributed by atoms with Gasteiger partial charge in [0.1, 0.15) is 0 Å². The Morgan fingerprint density at radius 1 is 1.33 bits per heavy atom. The second-order valence-corrected chi connectivity index (χ2v) is 3.76. The van der Waals surface area contributed by atoms with Crippen molar-refractivity contribution < 1.29 is 9.85 Å². The lowest BCUT2D eigenvalue weighted by Crippen LogP contribution is -2.19. The highest BCUT2D eigenvalue weighted by molar-refractivity contribution is 5.50. The molecular weight excluding hydrogens is 240 g/mol. The summed E-state index contributed by atoms with van der Waals surface area (Å²) in [5.74, 6) is 0. The standard InChI is InChI=1S/C10H14N4O4/c1-12-5-4-9(11)8-3-2-7(13(15)16)6-10(8)14(17)18/h2-3,6,9,12H,4-5,11H2,1H3. The monoisotopic (exact) mass is 254 g/mol. The molecule has 3 N–H and O–H groups in total. The van der Waals surface area contributed by atoms with E-state index in [1.54, 1.807) is 7.05 Å². The Balaban J connectivity index is 3.11. The van der Waals surface area contributed by atoms with Crippen LogP contribution >= 0.6 is 0 Å². The average molecular weight is 254 g/mol. The van der Waals surface area contributed by atoms with E-state index in [0.29, 0.717) is 18.5 Å². The van der Waals surface area contributed by atoms with E-state index < -0.39 is 15.9 Å². The van der Waals surface area contributed by atoms with E-state index in [4.69, 9.17) is 5.73 Å². The summed E-state index contributed by atoms with van der Waals surface area (Å²) in [4.78, 5) is 20.1. The van der Waals surface area contributed by atoms with Crippen molar-refractivity contribution in [2.24, 2.45) is 5.73 Å². The molecular formula is C10H14N4O4. The maximum Gasteiger partial charge on any atom is 0.281 e. The maximum atomic E-state index is 10.9. The van der Waals surface area contributed by atoms with E-state index in [1.807, 2.05) is 0 Å². The highest BCUT2D eigenvalue weighted by atomic mass is 16.6. The van der Waals surface area contributed by atoms with Crippen molar-refractivity contribution in [3.63, 3.8) is 0 Å². The molecule has 18 heavy (non-hydrogen) atoms. The van der Waals surface area contributed by atoms with Crippen LogP contribution in [0.15, 0.2) is 18.2 Å². The molecule has 0 saturated carbocycles. The SMILES string of the molecule is CNCCC(N)c1ccc([N+](=O)[O-])cc1[N+](=O)[O-]. The molecule has 0 aliphatic carbocycles. The van der Waals surface area contributed by atoms with Gasteiger partial charge in [0.15, 0.2) is 0 Å². The van der Waals surface area contributed by atoms with Gasteiger partial charge in [0.05, 0.1) is 15.9 Å². The minimum absolute atomic E-state index is 0.306. The molecule has 0 saturated heterocycles. The number of nitrogens with zero attached hydrogens (tertiary/aromatic N) is 2. The summed E-state index contributed by atoms with van der Waals surface area (Å²) in [5.41, 5.74) is 5.51. The Kier molecular flexibility index (Phi) is 4.69. The first-order valence-electron chi connectivity index (χ1n) is 5.30. The van der Waals surface area contributed by atoms with Crippen LogP contribution in [0.2, 0.25) is 0 Å². The number of nitrogens with one attached hydrogen (secondary N) is 1. The number of nitro groups is 2. The highest BCUT2D eigenvalue weighted by Gasteiger charge is 2.22. The molecule has 8 heteroatoms. The van der Waals surface area contributed by atoms with Gasteiger partial charge in [0.2, 0.25) is 0 Å². The molecule has 0 aliphatic heterocycles. The molecule has 1 aromatic rings. The summed E-state index contributed by atoms with van der Waals surface area (Å²) in [6, 6.07) is 2.98. The van der Waals surface area contributed by atoms with Crippen molar-refractivity contribution in [2.45, 2.75) is 12.5 Å². The van der Waals surface area contributed by atoms with Crippen LogP contribution in [0.5, 0.6) is 0 Å². The van der Waals surface area contributed by atoms with Crippen LogP contribution in [0, 0.1) is 20.2 Å². The largest absolute Gasteiger partial charge is 0.324 e. The van der Waals surface area contributed by atoms with Crippen LogP contribution in [0.3, 0.4) is 0 Å².